The molecule has 8 heteroatoms. The first-order valence-electron chi connectivity index (χ1n) is 6.95. The number of rotatable bonds is 5. The molecule has 0 fully saturated rings. The van der Waals surface area contributed by atoms with Gasteiger partial charge in [-0.05, 0) is 23.8 Å². The van der Waals surface area contributed by atoms with Crippen molar-refractivity contribution in [1.29, 1.82) is 5.41 Å². The monoisotopic (exact) mass is 377 g/mol. The zero-order chi connectivity index (χ0) is 17.3. The lowest BCUT2D eigenvalue weighted by atomic mass is 10.1. The van der Waals surface area contributed by atoms with Crippen LogP contribution in [-0.4, -0.2) is 20.5 Å². The summed E-state index contributed by atoms with van der Waals surface area (Å²) >= 11 is 2.71. The second-order valence-corrected chi connectivity index (χ2v) is 8.79. The molecule has 2 aromatic carbocycles. The Hall–Kier alpha value is -2.03. The molecule has 0 radical (unpaired) electrons. The van der Waals surface area contributed by atoms with E-state index < -0.39 is 10.0 Å². The Labute approximate surface area is 148 Å². The lowest BCUT2D eigenvalue weighted by Gasteiger charge is -2.10. The summed E-state index contributed by atoms with van der Waals surface area (Å²) < 4.78 is 29.1. The summed E-state index contributed by atoms with van der Waals surface area (Å²) in [6.07, 6.45) is 1.85. The fraction of sp³-hybridized carbons (Fsp3) is 0.0625. The Morgan fingerprint density at radius 2 is 1.92 bits per heavy atom. The van der Waals surface area contributed by atoms with Gasteiger partial charge in [0.25, 0.3) is 10.0 Å². The number of thioether (sulfide) groups is 1. The maximum absolute atomic E-state index is 12.9. The van der Waals surface area contributed by atoms with Crippen LogP contribution in [0.25, 0.3) is 10.8 Å². The quantitative estimate of drug-likeness (QED) is 0.359. The summed E-state index contributed by atoms with van der Waals surface area (Å²) in [4.78, 5) is 0.762. The first-order valence-corrected chi connectivity index (χ1v) is 10.5. The molecule has 24 heavy (non-hydrogen) atoms. The van der Waals surface area contributed by atoms with E-state index >= 15 is 0 Å². The summed E-state index contributed by atoms with van der Waals surface area (Å²) in [5, 5.41) is 9.05. The summed E-state index contributed by atoms with van der Waals surface area (Å²) in [6, 6.07) is 14.1. The van der Waals surface area contributed by atoms with Crippen molar-refractivity contribution in [3.05, 3.63) is 53.4 Å². The number of anilines is 1. The van der Waals surface area contributed by atoms with Crippen LogP contribution in [-0.2, 0) is 10.0 Å². The van der Waals surface area contributed by atoms with Crippen LogP contribution in [0, 0.1) is 5.41 Å². The first kappa shape index (κ1) is 16.8. The number of sulfonamides is 1. The smallest absolute Gasteiger partial charge is 0.262 e. The van der Waals surface area contributed by atoms with Gasteiger partial charge in [-0.1, -0.05) is 36.4 Å². The molecule has 0 bridgehead atoms. The summed E-state index contributed by atoms with van der Waals surface area (Å²) in [7, 11) is -3.75. The summed E-state index contributed by atoms with van der Waals surface area (Å²) in [6.45, 7) is 0. The predicted octanol–water partition coefficient (Wildman–Crippen LogP) is 3.71. The van der Waals surface area contributed by atoms with Gasteiger partial charge in [-0.3, -0.25) is 10.1 Å². The topological polar surface area (TPSA) is 96.0 Å². The predicted molar refractivity (Wildman–Crippen MR) is 102 cm³/mol. The highest BCUT2D eigenvalue weighted by Gasteiger charge is 2.20. The standard InChI is InChI=1S/C16H15N3O2S3/c1-22-16-12(9-13(23-16)15(17)18)19-24(20,21)14-8-4-6-10-5-2-3-7-11(10)14/h2-9,19H,1H3,(H3,17,18). The van der Waals surface area contributed by atoms with Gasteiger partial charge in [0.15, 0.2) is 0 Å². The van der Waals surface area contributed by atoms with E-state index in [1.807, 2.05) is 30.5 Å². The van der Waals surface area contributed by atoms with Crippen LogP contribution >= 0.6 is 23.1 Å². The van der Waals surface area contributed by atoms with Gasteiger partial charge >= 0.3 is 0 Å². The van der Waals surface area contributed by atoms with E-state index in [2.05, 4.69) is 4.72 Å². The number of thiophene rings is 1. The Morgan fingerprint density at radius 3 is 2.62 bits per heavy atom. The Kier molecular flexibility index (Phi) is 4.53. The van der Waals surface area contributed by atoms with Crippen LogP contribution in [0.2, 0.25) is 0 Å². The molecule has 1 heterocycles. The highest BCUT2D eigenvalue weighted by Crippen LogP contribution is 2.36. The lowest BCUT2D eigenvalue weighted by molar-refractivity contribution is 0.602. The largest absolute Gasteiger partial charge is 0.383 e. The van der Waals surface area contributed by atoms with Gasteiger partial charge < -0.3 is 5.73 Å². The van der Waals surface area contributed by atoms with E-state index in [-0.39, 0.29) is 10.7 Å². The molecule has 124 valence electrons. The minimum absolute atomic E-state index is 0.0779. The SMILES string of the molecule is CSc1sc(C(=N)N)cc1NS(=O)(=O)c1cccc2ccccc12. The van der Waals surface area contributed by atoms with Gasteiger partial charge in [0.1, 0.15) is 5.84 Å². The molecular formula is C16H15N3O2S3. The van der Waals surface area contributed by atoms with Gasteiger partial charge in [0.2, 0.25) is 0 Å². The van der Waals surface area contributed by atoms with Gasteiger partial charge in [-0.25, -0.2) is 8.42 Å². The number of fused-ring (bicyclic) bond motifs is 1. The number of hydrogen-bond acceptors (Lipinski definition) is 5. The molecule has 0 aliphatic carbocycles. The van der Waals surface area contributed by atoms with Gasteiger partial charge in [0.05, 0.1) is 19.7 Å². The maximum Gasteiger partial charge on any atom is 0.262 e. The average Bonchev–Trinajstić information content (AvgIpc) is 2.96. The third kappa shape index (κ3) is 3.12. The molecule has 0 unspecified atom stereocenters. The van der Waals surface area contributed by atoms with Crippen LogP contribution in [0.1, 0.15) is 4.88 Å². The second-order valence-electron chi connectivity index (χ2n) is 5.01. The molecule has 0 saturated heterocycles. The van der Waals surface area contributed by atoms with Crippen LogP contribution in [0.5, 0.6) is 0 Å². The minimum atomic E-state index is -3.75. The summed E-state index contributed by atoms with van der Waals surface area (Å²) in [5.74, 6) is -0.0779. The Bertz CT molecular complexity index is 1020. The normalized spacial score (nSPS) is 11.5. The van der Waals surface area contributed by atoms with Crippen molar-refractivity contribution in [2.24, 2.45) is 5.73 Å². The van der Waals surface area contributed by atoms with E-state index in [0.717, 1.165) is 9.60 Å². The van der Waals surface area contributed by atoms with Gasteiger partial charge in [0, 0.05) is 5.39 Å². The van der Waals surface area contributed by atoms with Crippen LogP contribution < -0.4 is 10.5 Å². The highest BCUT2D eigenvalue weighted by atomic mass is 32.2. The van der Waals surface area contributed by atoms with Crippen LogP contribution in [0.3, 0.4) is 0 Å². The van der Waals surface area contributed by atoms with Gasteiger partial charge in [-0.2, -0.15) is 0 Å². The zero-order valence-electron chi connectivity index (χ0n) is 12.7. The van der Waals surface area contributed by atoms with Crippen molar-refractivity contribution in [1.82, 2.24) is 0 Å². The van der Waals surface area contributed by atoms with Crippen LogP contribution in [0.4, 0.5) is 5.69 Å². The molecule has 5 nitrogen and oxygen atoms in total. The van der Waals surface area contributed by atoms with Crippen molar-refractivity contribution in [2.75, 3.05) is 11.0 Å². The first-order chi connectivity index (χ1) is 11.4. The van der Waals surface area contributed by atoms with E-state index in [0.29, 0.717) is 16.0 Å². The van der Waals surface area contributed by atoms with Gasteiger partial charge in [-0.15, -0.1) is 23.1 Å². The van der Waals surface area contributed by atoms with E-state index in [1.165, 1.54) is 23.1 Å². The molecule has 4 N–H and O–H groups in total. The molecular weight excluding hydrogens is 362 g/mol. The third-order valence-electron chi connectivity index (χ3n) is 3.43. The number of benzene rings is 2. The average molecular weight is 378 g/mol. The molecule has 0 aliphatic heterocycles. The molecule has 0 saturated carbocycles. The fourth-order valence-electron chi connectivity index (χ4n) is 2.36. The number of amidine groups is 1. The fourth-order valence-corrected chi connectivity index (χ4v) is 5.42. The number of nitrogens with one attached hydrogen (secondary N) is 2. The molecule has 0 spiro atoms. The Balaban J connectivity index is 2.07. The van der Waals surface area contributed by atoms with Crippen molar-refractivity contribution in [3.8, 4) is 0 Å². The van der Waals surface area contributed by atoms with E-state index in [9.17, 15) is 8.42 Å². The zero-order valence-corrected chi connectivity index (χ0v) is 15.2. The summed E-state index contributed by atoms with van der Waals surface area (Å²) in [5.41, 5.74) is 5.96. The minimum Gasteiger partial charge on any atom is -0.383 e. The van der Waals surface area contributed by atoms with Crippen molar-refractivity contribution < 1.29 is 8.42 Å². The number of nitrogen functional groups attached to an aromatic ring is 1. The number of hydrogen-bond donors (Lipinski definition) is 3. The van der Waals surface area contributed by atoms with Crippen molar-refractivity contribution in [2.45, 2.75) is 9.10 Å². The molecule has 3 rings (SSSR count). The highest BCUT2D eigenvalue weighted by molar-refractivity contribution is 8.00. The molecule has 0 amide bonds. The third-order valence-corrected chi connectivity index (χ3v) is 7.16. The van der Waals surface area contributed by atoms with Crippen LogP contribution in [0.15, 0.2) is 57.6 Å². The lowest BCUT2D eigenvalue weighted by Crippen LogP contribution is -2.13. The molecule has 3 aromatic rings. The van der Waals surface area contributed by atoms with Crippen molar-refractivity contribution >= 4 is 55.4 Å². The van der Waals surface area contributed by atoms with E-state index in [1.54, 1.807) is 24.3 Å². The molecule has 1 aromatic heterocycles. The van der Waals surface area contributed by atoms with Crippen molar-refractivity contribution in [3.63, 3.8) is 0 Å². The molecule has 0 aliphatic rings. The number of nitrogens with two attached hydrogens (primary N) is 1. The maximum atomic E-state index is 12.9. The molecule has 0 atom stereocenters. The second kappa shape index (κ2) is 6.46. The Morgan fingerprint density at radius 1 is 1.21 bits per heavy atom. The van der Waals surface area contributed by atoms with E-state index in [4.69, 9.17) is 11.1 Å².